The van der Waals surface area contributed by atoms with Crippen LogP contribution in [-0.4, -0.2) is 11.9 Å². The lowest BCUT2D eigenvalue weighted by Gasteiger charge is -2.15. The number of nitrogens with two attached hydrogens (primary N) is 1. The lowest BCUT2D eigenvalue weighted by Crippen LogP contribution is -2.39. The predicted octanol–water partition coefficient (Wildman–Crippen LogP) is 2.03. The van der Waals surface area contributed by atoms with Gasteiger partial charge in [-0.25, -0.2) is 0 Å². The molecule has 1 amide bonds. The quantitative estimate of drug-likeness (QED) is 0.832. The van der Waals surface area contributed by atoms with Crippen molar-refractivity contribution in [3.63, 3.8) is 0 Å². The van der Waals surface area contributed by atoms with Crippen molar-refractivity contribution in [2.75, 3.05) is 5.32 Å². The van der Waals surface area contributed by atoms with Crippen LogP contribution in [0.5, 0.6) is 0 Å². The summed E-state index contributed by atoms with van der Waals surface area (Å²) >= 11 is 0. The maximum atomic E-state index is 11.5. The van der Waals surface area contributed by atoms with E-state index in [1.54, 1.807) is 0 Å². The number of hydrogen-bond acceptors (Lipinski definition) is 2. The summed E-state index contributed by atoms with van der Waals surface area (Å²) < 4.78 is 0. The highest BCUT2D eigenvalue weighted by atomic mass is 35.5. The van der Waals surface area contributed by atoms with Gasteiger partial charge in [0.25, 0.3) is 0 Å². The first-order valence-corrected chi connectivity index (χ1v) is 4.72. The fourth-order valence-corrected chi connectivity index (χ4v) is 1.05. The molecular weight excluding hydrogens is 212 g/mol. The maximum absolute atomic E-state index is 11.5. The monoisotopic (exact) mass is 228 g/mol. The number of rotatable bonds is 3. The smallest absolute Gasteiger partial charge is 0.241 e. The summed E-state index contributed by atoms with van der Waals surface area (Å²) in [6.07, 6.45) is 0. The summed E-state index contributed by atoms with van der Waals surface area (Å²) in [7, 11) is 0. The maximum Gasteiger partial charge on any atom is 0.241 e. The Morgan fingerprint density at radius 1 is 1.27 bits per heavy atom. The summed E-state index contributed by atoms with van der Waals surface area (Å²) in [6, 6.07) is 8.87. The zero-order valence-electron chi connectivity index (χ0n) is 8.94. The van der Waals surface area contributed by atoms with Crippen LogP contribution in [0.25, 0.3) is 0 Å². The molecule has 0 saturated carbocycles. The number of nitrogens with one attached hydrogen (secondary N) is 1. The molecule has 0 aliphatic rings. The number of carbonyl (C=O) groups is 1. The number of hydrogen-bond donors (Lipinski definition) is 2. The molecule has 15 heavy (non-hydrogen) atoms. The van der Waals surface area contributed by atoms with E-state index in [4.69, 9.17) is 5.73 Å². The van der Waals surface area contributed by atoms with E-state index in [1.165, 1.54) is 0 Å². The number of anilines is 1. The van der Waals surface area contributed by atoms with Crippen molar-refractivity contribution in [1.29, 1.82) is 0 Å². The highest BCUT2D eigenvalue weighted by Crippen LogP contribution is 2.07. The molecule has 0 unspecified atom stereocenters. The summed E-state index contributed by atoms with van der Waals surface area (Å²) in [5.74, 6) is 0.0184. The van der Waals surface area contributed by atoms with E-state index in [9.17, 15) is 4.79 Å². The lowest BCUT2D eigenvalue weighted by molar-refractivity contribution is -0.118. The molecule has 1 rings (SSSR count). The van der Waals surface area contributed by atoms with Crippen molar-refractivity contribution < 1.29 is 4.79 Å². The third-order valence-corrected chi connectivity index (χ3v) is 2.06. The Bertz CT molecular complexity index is 301. The van der Waals surface area contributed by atoms with Gasteiger partial charge in [-0.1, -0.05) is 32.0 Å². The molecule has 0 bridgehead atoms. The number of halogens is 1. The molecule has 0 saturated heterocycles. The lowest BCUT2D eigenvalue weighted by atomic mass is 10.1. The van der Waals surface area contributed by atoms with Gasteiger partial charge in [0.15, 0.2) is 0 Å². The number of carbonyl (C=O) groups excluding carboxylic acids is 1. The van der Waals surface area contributed by atoms with Crippen molar-refractivity contribution in [1.82, 2.24) is 0 Å². The Balaban J connectivity index is 0.00000196. The molecule has 3 nitrogen and oxygen atoms in total. The van der Waals surface area contributed by atoms with Crippen LogP contribution in [0.15, 0.2) is 30.3 Å². The van der Waals surface area contributed by atoms with Gasteiger partial charge < -0.3 is 11.1 Å². The number of amides is 1. The Morgan fingerprint density at radius 2 is 1.80 bits per heavy atom. The van der Waals surface area contributed by atoms with Gasteiger partial charge in [0.2, 0.25) is 5.91 Å². The molecule has 0 aliphatic carbocycles. The molecule has 0 aromatic heterocycles. The SMILES string of the molecule is CC(C)[C@@H](N)C(=O)Nc1ccccc1.Cl. The molecule has 1 aromatic carbocycles. The Morgan fingerprint density at radius 3 is 2.27 bits per heavy atom. The normalized spacial score (nSPS) is 11.7. The van der Waals surface area contributed by atoms with Gasteiger partial charge in [0.1, 0.15) is 0 Å². The Kier molecular flexibility index (Phi) is 5.97. The zero-order valence-corrected chi connectivity index (χ0v) is 9.75. The summed E-state index contributed by atoms with van der Waals surface area (Å²) in [5.41, 5.74) is 6.48. The van der Waals surface area contributed by atoms with E-state index in [0.717, 1.165) is 5.69 Å². The van der Waals surface area contributed by atoms with Crippen molar-refractivity contribution in [2.45, 2.75) is 19.9 Å². The fraction of sp³-hybridized carbons (Fsp3) is 0.364. The predicted molar refractivity (Wildman–Crippen MR) is 65.1 cm³/mol. The van der Waals surface area contributed by atoms with Gasteiger partial charge in [-0.2, -0.15) is 0 Å². The molecule has 3 N–H and O–H groups in total. The minimum Gasteiger partial charge on any atom is -0.325 e. The van der Waals surface area contributed by atoms with E-state index in [1.807, 2.05) is 44.2 Å². The molecular formula is C11H17ClN2O. The van der Waals surface area contributed by atoms with Gasteiger partial charge in [-0.3, -0.25) is 4.79 Å². The first kappa shape index (κ1) is 13.9. The fourth-order valence-electron chi connectivity index (χ4n) is 1.05. The standard InChI is InChI=1S/C11H16N2O.ClH/c1-8(2)10(12)11(14)13-9-6-4-3-5-7-9;/h3-8,10H,12H2,1-2H3,(H,13,14);1H/t10-;/m1./s1. The third-order valence-electron chi connectivity index (χ3n) is 2.06. The van der Waals surface area contributed by atoms with Gasteiger partial charge >= 0.3 is 0 Å². The van der Waals surface area contributed by atoms with Crippen LogP contribution < -0.4 is 11.1 Å². The van der Waals surface area contributed by atoms with E-state index in [2.05, 4.69) is 5.32 Å². The molecule has 0 spiro atoms. The number of para-hydroxylation sites is 1. The van der Waals surface area contributed by atoms with Crippen molar-refractivity contribution >= 4 is 24.0 Å². The molecule has 4 heteroatoms. The van der Waals surface area contributed by atoms with Crippen LogP contribution in [0.1, 0.15) is 13.8 Å². The second-order valence-electron chi connectivity index (χ2n) is 3.63. The molecule has 1 aromatic rings. The van der Waals surface area contributed by atoms with Crippen molar-refractivity contribution in [3.05, 3.63) is 30.3 Å². The average Bonchev–Trinajstić information content (AvgIpc) is 2.18. The molecule has 84 valence electrons. The summed E-state index contributed by atoms with van der Waals surface area (Å²) in [6.45, 7) is 3.85. The van der Waals surface area contributed by atoms with Crippen LogP contribution in [0, 0.1) is 5.92 Å². The zero-order chi connectivity index (χ0) is 10.6. The minimum absolute atomic E-state index is 0. The second-order valence-corrected chi connectivity index (χ2v) is 3.63. The largest absolute Gasteiger partial charge is 0.325 e. The van der Waals surface area contributed by atoms with Crippen molar-refractivity contribution in [2.24, 2.45) is 11.7 Å². The van der Waals surface area contributed by atoms with Crippen LogP contribution in [0.4, 0.5) is 5.69 Å². The Hall–Kier alpha value is -1.06. The molecule has 0 aliphatic heterocycles. The van der Waals surface area contributed by atoms with Crippen LogP contribution in [0.2, 0.25) is 0 Å². The average molecular weight is 229 g/mol. The Labute approximate surface area is 96.5 Å². The van der Waals surface area contributed by atoms with Crippen LogP contribution in [-0.2, 0) is 4.79 Å². The molecule has 1 atom stereocenters. The van der Waals surface area contributed by atoms with Crippen LogP contribution >= 0.6 is 12.4 Å². The molecule has 0 radical (unpaired) electrons. The summed E-state index contributed by atoms with van der Waals surface area (Å²) in [5, 5.41) is 2.76. The molecule has 0 fully saturated rings. The topological polar surface area (TPSA) is 55.1 Å². The third kappa shape index (κ3) is 4.32. The van der Waals surface area contributed by atoms with Gasteiger partial charge in [-0.05, 0) is 18.1 Å². The van der Waals surface area contributed by atoms with E-state index in [0.29, 0.717) is 0 Å². The van der Waals surface area contributed by atoms with E-state index >= 15 is 0 Å². The minimum atomic E-state index is -0.449. The van der Waals surface area contributed by atoms with E-state index < -0.39 is 6.04 Å². The van der Waals surface area contributed by atoms with Gasteiger partial charge in [0, 0.05) is 5.69 Å². The van der Waals surface area contributed by atoms with E-state index in [-0.39, 0.29) is 24.2 Å². The van der Waals surface area contributed by atoms with Gasteiger partial charge in [-0.15, -0.1) is 12.4 Å². The highest BCUT2D eigenvalue weighted by molar-refractivity contribution is 5.94. The highest BCUT2D eigenvalue weighted by Gasteiger charge is 2.16. The molecule has 0 heterocycles. The second kappa shape index (κ2) is 6.43. The van der Waals surface area contributed by atoms with Crippen molar-refractivity contribution in [3.8, 4) is 0 Å². The number of benzene rings is 1. The van der Waals surface area contributed by atoms with Crippen LogP contribution in [0.3, 0.4) is 0 Å². The van der Waals surface area contributed by atoms with Gasteiger partial charge in [0.05, 0.1) is 6.04 Å². The first-order valence-electron chi connectivity index (χ1n) is 4.72. The summed E-state index contributed by atoms with van der Waals surface area (Å²) in [4.78, 5) is 11.5. The first-order chi connectivity index (χ1) is 6.61.